The van der Waals surface area contributed by atoms with Gasteiger partial charge >= 0.3 is 0 Å². The number of nitrogens with zero attached hydrogens (tertiary/aromatic N) is 2. The van der Waals surface area contributed by atoms with Crippen LogP contribution in [0.5, 0.6) is 0 Å². The van der Waals surface area contributed by atoms with E-state index in [1.165, 1.54) is 0 Å². The van der Waals surface area contributed by atoms with E-state index in [1.54, 1.807) is 6.20 Å². The van der Waals surface area contributed by atoms with Gasteiger partial charge in [-0.2, -0.15) is 0 Å². The Kier molecular flexibility index (Phi) is 5.31. The van der Waals surface area contributed by atoms with Crippen LogP contribution < -0.4 is 5.32 Å². The van der Waals surface area contributed by atoms with Gasteiger partial charge in [-0.1, -0.05) is 42.5 Å². The van der Waals surface area contributed by atoms with Crippen molar-refractivity contribution >= 4 is 16.6 Å². The highest BCUT2D eigenvalue weighted by Gasteiger charge is 2.13. The highest BCUT2D eigenvalue weighted by molar-refractivity contribution is 5.92. The molecule has 0 aliphatic heterocycles. The van der Waals surface area contributed by atoms with E-state index in [0.29, 0.717) is 6.42 Å². The van der Waals surface area contributed by atoms with Gasteiger partial charge in [0.2, 0.25) is 0 Å². The van der Waals surface area contributed by atoms with Crippen LogP contribution in [-0.4, -0.2) is 28.7 Å². The van der Waals surface area contributed by atoms with Gasteiger partial charge in [0.15, 0.2) is 0 Å². The molecule has 0 aliphatic carbocycles. The summed E-state index contributed by atoms with van der Waals surface area (Å²) >= 11 is 0. The third-order valence-corrected chi connectivity index (χ3v) is 4.93. The molecule has 0 saturated carbocycles. The van der Waals surface area contributed by atoms with Gasteiger partial charge in [-0.15, -0.1) is 0 Å². The van der Waals surface area contributed by atoms with Gasteiger partial charge in [-0.05, 0) is 42.7 Å². The van der Waals surface area contributed by atoms with Crippen molar-refractivity contribution in [3.05, 3.63) is 78.6 Å². The van der Waals surface area contributed by atoms with Crippen LogP contribution in [0.4, 0.5) is 5.69 Å². The fourth-order valence-electron chi connectivity index (χ4n) is 3.45. The SMILES string of the molecule is CNc1ccc(-c2nc3ccnc(CCCO)c3cc2-c2ccccc2)cc1. The molecule has 0 atom stereocenters. The normalized spacial score (nSPS) is 10.9. The summed E-state index contributed by atoms with van der Waals surface area (Å²) in [6, 6.07) is 22.8. The zero-order valence-corrected chi connectivity index (χ0v) is 15.9. The molecule has 140 valence electrons. The standard InChI is InChI=1S/C24H23N3O/c1-25-19-11-9-18(10-12-19)24-20(17-6-3-2-4-7-17)16-21-22(8-5-15-28)26-14-13-23(21)27-24/h2-4,6-7,9-14,16,25,28H,5,8,15H2,1H3. The minimum Gasteiger partial charge on any atom is -0.396 e. The van der Waals surface area contributed by atoms with Crippen LogP contribution in [-0.2, 0) is 6.42 Å². The average molecular weight is 369 g/mol. The number of hydrogen-bond acceptors (Lipinski definition) is 4. The molecular weight excluding hydrogens is 346 g/mol. The van der Waals surface area contributed by atoms with E-state index < -0.39 is 0 Å². The number of hydrogen-bond donors (Lipinski definition) is 2. The number of pyridine rings is 2. The van der Waals surface area contributed by atoms with Crippen molar-refractivity contribution in [3.8, 4) is 22.4 Å². The zero-order chi connectivity index (χ0) is 19.3. The Hall–Kier alpha value is -3.24. The van der Waals surface area contributed by atoms with Crippen molar-refractivity contribution in [2.45, 2.75) is 12.8 Å². The molecule has 0 fully saturated rings. The minimum absolute atomic E-state index is 0.160. The number of fused-ring (bicyclic) bond motifs is 1. The second-order valence-corrected chi connectivity index (χ2v) is 6.73. The molecule has 2 N–H and O–H groups in total. The third kappa shape index (κ3) is 3.59. The number of aliphatic hydroxyl groups is 1. The molecule has 2 heterocycles. The van der Waals surface area contributed by atoms with Crippen LogP contribution in [0.3, 0.4) is 0 Å². The molecular formula is C24H23N3O. The van der Waals surface area contributed by atoms with Gasteiger partial charge in [0.05, 0.1) is 11.2 Å². The molecule has 0 unspecified atom stereocenters. The number of benzene rings is 2. The lowest BCUT2D eigenvalue weighted by Crippen LogP contribution is -1.98. The smallest absolute Gasteiger partial charge is 0.0788 e. The number of anilines is 1. The number of nitrogens with one attached hydrogen (secondary N) is 1. The molecule has 2 aromatic heterocycles. The summed E-state index contributed by atoms with van der Waals surface area (Å²) in [5.41, 5.74) is 7.23. The molecule has 28 heavy (non-hydrogen) atoms. The largest absolute Gasteiger partial charge is 0.396 e. The topological polar surface area (TPSA) is 58.0 Å². The lowest BCUT2D eigenvalue weighted by molar-refractivity contribution is 0.288. The summed E-state index contributed by atoms with van der Waals surface area (Å²) < 4.78 is 0. The second-order valence-electron chi connectivity index (χ2n) is 6.73. The van der Waals surface area contributed by atoms with Gasteiger partial charge in [0, 0.05) is 47.7 Å². The first-order valence-corrected chi connectivity index (χ1v) is 9.53. The van der Waals surface area contributed by atoms with Crippen molar-refractivity contribution < 1.29 is 5.11 Å². The van der Waals surface area contributed by atoms with E-state index in [1.807, 2.05) is 31.3 Å². The maximum atomic E-state index is 9.22. The molecule has 4 aromatic rings. The lowest BCUT2D eigenvalue weighted by atomic mass is 9.96. The Bertz CT molecular complexity index is 1080. The monoisotopic (exact) mass is 369 g/mol. The van der Waals surface area contributed by atoms with E-state index in [-0.39, 0.29) is 6.61 Å². The summed E-state index contributed by atoms with van der Waals surface area (Å²) in [5.74, 6) is 0. The molecule has 4 rings (SSSR count). The van der Waals surface area contributed by atoms with Crippen molar-refractivity contribution in [2.24, 2.45) is 0 Å². The predicted molar refractivity (Wildman–Crippen MR) is 115 cm³/mol. The molecule has 0 bridgehead atoms. The van der Waals surface area contributed by atoms with Gasteiger partial charge in [0.1, 0.15) is 0 Å². The summed E-state index contributed by atoms with van der Waals surface area (Å²) in [6.07, 6.45) is 3.23. The van der Waals surface area contributed by atoms with Crippen molar-refractivity contribution in [3.63, 3.8) is 0 Å². The van der Waals surface area contributed by atoms with E-state index in [0.717, 1.165) is 51.1 Å². The van der Waals surface area contributed by atoms with Crippen LogP contribution >= 0.6 is 0 Å². The van der Waals surface area contributed by atoms with Crippen LogP contribution in [0.1, 0.15) is 12.1 Å². The third-order valence-electron chi connectivity index (χ3n) is 4.93. The lowest BCUT2D eigenvalue weighted by Gasteiger charge is -2.14. The molecule has 4 heteroatoms. The molecule has 0 spiro atoms. The zero-order valence-electron chi connectivity index (χ0n) is 15.9. The quantitative estimate of drug-likeness (QED) is 0.506. The number of aryl methyl sites for hydroxylation is 1. The van der Waals surface area contributed by atoms with Gasteiger partial charge in [-0.3, -0.25) is 4.98 Å². The number of rotatable bonds is 6. The Balaban J connectivity index is 1.94. The average Bonchev–Trinajstić information content (AvgIpc) is 2.77. The highest BCUT2D eigenvalue weighted by Crippen LogP contribution is 2.34. The van der Waals surface area contributed by atoms with Crippen molar-refractivity contribution in [1.82, 2.24) is 9.97 Å². The Morgan fingerprint density at radius 2 is 1.71 bits per heavy atom. The summed E-state index contributed by atoms with van der Waals surface area (Å²) in [7, 11) is 1.92. The molecule has 4 nitrogen and oxygen atoms in total. The van der Waals surface area contributed by atoms with E-state index in [9.17, 15) is 5.11 Å². The van der Waals surface area contributed by atoms with Crippen LogP contribution in [0.15, 0.2) is 72.9 Å². The van der Waals surface area contributed by atoms with Crippen molar-refractivity contribution in [1.29, 1.82) is 0 Å². The van der Waals surface area contributed by atoms with Gasteiger partial charge < -0.3 is 10.4 Å². The van der Waals surface area contributed by atoms with Crippen molar-refractivity contribution in [2.75, 3.05) is 19.0 Å². The maximum absolute atomic E-state index is 9.22. The van der Waals surface area contributed by atoms with E-state index in [2.05, 4.69) is 52.8 Å². The Morgan fingerprint density at radius 1 is 0.929 bits per heavy atom. The van der Waals surface area contributed by atoms with E-state index >= 15 is 0 Å². The van der Waals surface area contributed by atoms with Gasteiger partial charge in [-0.25, -0.2) is 4.98 Å². The fraction of sp³-hybridized carbons (Fsp3) is 0.167. The molecule has 0 amide bonds. The summed E-state index contributed by atoms with van der Waals surface area (Å²) in [5, 5.41) is 13.4. The highest BCUT2D eigenvalue weighted by atomic mass is 16.2. The first-order valence-electron chi connectivity index (χ1n) is 9.53. The first-order chi connectivity index (χ1) is 13.8. The van der Waals surface area contributed by atoms with Crippen LogP contribution in [0.25, 0.3) is 33.3 Å². The predicted octanol–water partition coefficient (Wildman–Crippen LogP) is 4.93. The minimum atomic E-state index is 0.160. The maximum Gasteiger partial charge on any atom is 0.0788 e. The first kappa shape index (κ1) is 18.1. The van der Waals surface area contributed by atoms with Crippen LogP contribution in [0, 0.1) is 0 Å². The van der Waals surface area contributed by atoms with Crippen LogP contribution in [0.2, 0.25) is 0 Å². The Labute approximate surface area is 164 Å². The molecule has 0 radical (unpaired) electrons. The summed E-state index contributed by atoms with van der Waals surface area (Å²) in [6.45, 7) is 0.160. The second kappa shape index (κ2) is 8.19. The number of aliphatic hydroxyl groups excluding tert-OH is 1. The summed E-state index contributed by atoms with van der Waals surface area (Å²) in [4.78, 5) is 9.57. The number of aromatic nitrogens is 2. The Morgan fingerprint density at radius 3 is 2.43 bits per heavy atom. The van der Waals surface area contributed by atoms with Gasteiger partial charge in [0.25, 0.3) is 0 Å². The fourth-order valence-corrected chi connectivity index (χ4v) is 3.45. The molecule has 0 aliphatic rings. The molecule has 0 saturated heterocycles. The molecule has 2 aromatic carbocycles. The van der Waals surface area contributed by atoms with E-state index in [4.69, 9.17) is 4.98 Å².